The molecule has 0 fully saturated rings. The van der Waals surface area contributed by atoms with E-state index in [4.69, 9.17) is 10.6 Å². The van der Waals surface area contributed by atoms with E-state index in [9.17, 15) is 13.2 Å². The zero-order valence-corrected chi connectivity index (χ0v) is 14.3. The van der Waals surface area contributed by atoms with Crippen LogP contribution in [0.4, 0.5) is 18.9 Å². The highest BCUT2D eigenvalue weighted by molar-refractivity contribution is 6.31. The largest absolute Gasteiger partial charge is 0.457 e. The van der Waals surface area contributed by atoms with Crippen molar-refractivity contribution in [1.82, 2.24) is 19.7 Å². The number of hydrazone groups is 1. The molecule has 2 N–H and O–H groups in total. The van der Waals surface area contributed by atoms with E-state index in [-0.39, 0.29) is 24.0 Å². The van der Waals surface area contributed by atoms with Gasteiger partial charge in [0.25, 0.3) is 6.43 Å². The van der Waals surface area contributed by atoms with Crippen LogP contribution >= 0.6 is 0 Å². The molecule has 0 unspecified atom stereocenters. The van der Waals surface area contributed by atoms with E-state index < -0.39 is 17.8 Å². The van der Waals surface area contributed by atoms with Crippen molar-refractivity contribution in [3.63, 3.8) is 0 Å². The lowest BCUT2D eigenvalue weighted by Crippen LogP contribution is -2.16. The van der Waals surface area contributed by atoms with Gasteiger partial charge in [-0.15, -0.1) is 0 Å². The summed E-state index contributed by atoms with van der Waals surface area (Å²) in [5.74, 6) is 4.28. The normalized spacial score (nSPS) is 12.1. The molecule has 3 rings (SSSR count). The number of rotatable bonds is 7. The third-order valence-corrected chi connectivity index (χ3v) is 3.48. The molecule has 0 aliphatic heterocycles. The minimum Gasteiger partial charge on any atom is -0.457 e. The second-order valence-corrected chi connectivity index (χ2v) is 5.35. The molecule has 0 aliphatic carbocycles. The first kappa shape index (κ1) is 19.0. The molecular formula is C17H14F3N7O. The van der Waals surface area contributed by atoms with Crippen molar-refractivity contribution >= 4 is 17.6 Å². The van der Waals surface area contributed by atoms with Gasteiger partial charge in [0, 0.05) is 12.4 Å². The molecule has 1 aromatic carbocycles. The number of halogens is 3. The van der Waals surface area contributed by atoms with Crippen molar-refractivity contribution in [3.05, 3.63) is 60.4 Å². The Bertz CT molecular complexity index is 973. The lowest BCUT2D eigenvalue weighted by molar-refractivity contribution is 0.146. The fourth-order valence-corrected chi connectivity index (χ4v) is 2.10. The van der Waals surface area contributed by atoms with Gasteiger partial charge in [-0.3, -0.25) is 4.99 Å². The number of nitrogens with two attached hydrogens (primary N) is 1. The summed E-state index contributed by atoms with van der Waals surface area (Å²) in [6, 6.07) is 4.96. The summed E-state index contributed by atoms with van der Waals surface area (Å²) < 4.78 is 45.7. The predicted octanol–water partition coefficient (Wildman–Crippen LogP) is 2.84. The summed E-state index contributed by atoms with van der Waals surface area (Å²) in [5, 5.41) is 7.55. The molecule has 2 aromatic heterocycles. The first-order valence-electron chi connectivity index (χ1n) is 7.90. The van der Waals surface area contributed by atoms with Crippen LogP contribution in [0.15, 0.2) is 59.1 Å². The van der Waals surface area contributed by atoms with Gasteiger partial charge in [-0.2, -0.15) is 10.2 Å². The maximum Gasteiger partial charge on any atom is 0.316 e. The molecule has 0 atom stereocenters. The van der Waals surface area contributed by atoms with Crippen LogP contribution in [0.3, 0.4) is 0 Å². The van der Waals surface area contributed by atoms with E-state index in [0.29, 0.717) is 5.69 Å². The molecule has 0 saturated carbocycles. The van der Waals surface area contributed by atoms with E-state index >= 15 is 0 Å². The van der Waals surface area contributed by atoms with Crippen LogP contribution in [-0.2, 0) is 0 Å². The lowest BCUT2D eigenvalue weighted by atomic mass is 10.2. The van der Waals surface area contributed by atoms with Crippen molar-refractivity contribution in [3.8, 4) is 11.7 Å². The SMILES string of the molecule is NN=C(C=Nc1ccc(F)c(C(F)F)c1)COc1ncc(-n2cccn2)cn1. The number of benzene rings is 1. The van der Waals surface area contributed by atoms with E-state index in [1.54, 1.807) is 23.1 Å². The average Bonchev–Trinajstić information content (AvgIpc) is 3.24. The fourth-order valence-electron chi connectivity index (χ4n) is 2.10. The molecule has 3 aromatic rings. The number of hydrogen-bond acceptors (Lipinski definition) is 7. The van der Waals surface area contributed by atoms with Gasteiger partial charge in [0.05, 0.1) is 29.9 Å². The van der Waals surface area contributed by atoms with Gasteiger partial charge in [0.1, 0.15) is 23.8 Å². The summed E-state index contributed by atoms with van der Waals surface area (Å²) in [4.78, 5) is 12.0. The molecule has 2 heterocycles. The highest BCUT2D eigenvalue weighted by Crippen LogP contribution is 2.26. The summed E-state index contributed by atoms with van der Waals surface area (Å²) in [6.07, 6.45) is 4.69. The molecule has 0 saturated heterocycles. The predicted molar refractivity (Wildman–Crippen MR) is 95.8 cm³/mol. The quantitative estimate of drug-likeness (QED) is 0.380. The molecule has 28 heavy (non-hydrogen) atoms. The second-order valence-electron chi connectivity index (χ2n) is 5.35. The van der Waals surface area contributed by atoms with Crippen molar-refractivity contribution < 1.29 is 17.9 Å². The van der Waals surface area contributed by atoms with Crippen LogP contribution in [0.2, 0.25) is 0 Å². The Morgan fingerprint density at radius 1 is 1.29 bits per heavy atom. The highest BCUT2D eigenvalue weighted by Gasteiger charge is 2.13. The smallest absolute Gasteiger partial charge is 0.316 e. The number of aliphatic imine (C=N–C) groups is 1. The molecule has 144 valence electrons. The van der Waals surface area contributed by atoms with Gasteiger partial charge in [-0.25, -0.2) is 27.8 Å². The maximum absolute atomic E-state index is 13.3. The number of nitrogens with zero attached hydrogens (tertiary/aromatic N) is 6. The molecule has 8 nitrogen and oxygen atoms in total. The molecule has 0 spiro atoms. The maximum atomic E-state index is 13.3. The topological polar surface area (TPSA) is 104 Å². The zero-order valence-electron chi connectivity index (χ0n) is 14.3. The number of alkyl halides is 2. The Morgan fingerprint density at radius 2 is 2.07 bits per heavy atom. The Labute approximate surface area is 157 Å². The molecule has 0 bridgehead atoms. The van der Waals surface area contributed by atoms with Crippen LogP contribution in [0.5, 0.6) is 6.01 Å². The van der Waals surface area contributed by atoms with Crippen LogP contribution in [0.25, 0.3) is 5.69 Å². The Morgan fingerprint density at radius 3 is 2.71 bits per heavy atom. The molecular weight excluding hydrogens is 375 g/mol. The van der Waals surface area contributed by atoms with Gasteiger partial charge in [-0.1, -0.05) is 0 Å². The van der Waals surface area contributed by atoms with E-state index in [1.807, 2.05) is 0 Å². The standard InChI is InChI=1S/C17H14F3N7O/c18-15-3-2-11(6-14(15)16(19)20)22-7-12(26-21)10-28-17-23-8-13(9-24-17)27-5-1-4-25-27/h1-9,16H,10,21H2. The highest BCUT2D eigenvalue weighted by atomic mass is 19.3. The Kier molecular flexibility index (Phi) is 5.94. The van der Waals surface area contributed by atoms with Gasteiger partial charge in [0.15, 0.2) is 0 Å². The monoisotopic (exact) mass is 389 g/mol. The minimum atomic E-state index is -2.94. The summed E-state index contributed by atoms with van der Waals surface area (Å²) in [7, 11) is 0. The summed E-state index contributed by atoms with van der Waals surface area (Å²) in [5.41, 5.74) is 0.237. The van der Waals surface area contributed by atoms with Crippen molar-refractivity contribution in [2.45, 2.75) is 6.43 Å². The second kappa shape index (κ2) is 8.75. The lowest BCUT2D eigenvalue weighted by Gasteiger charge is -2.05. The number of ether oxygens (including phenoxy) is 1. The Balaban J connectivity index is 1.62. The minimum absolute atomic E-state index is 0.0761. The van der Waals surface area contributed by atoms with Crippen LogP contribution in [0.1, 0.15) is 12.0 Å². The Hall–Kier alpha value is -3.76. The first-order valence-corrected chi connectivity index (χ1v) is 7.90. The summed E-state index contributed by atoms with van der Waals surface area (Å²) in [6.45, 7) is -0.107. The van der Waals surface area contributed by atoms with E-state index in [0.717, 1.165) is 12.1 Å². The molecule has 0 radical (unpaired) electrons. The van der Waals surface area contributed by atoms with Crippen LogP contribution in [-0.4, -0.2) is 38.3 Å². The van der Waals surface area contributed by atoms with Crippen molar-refractivity contribution in [2.75, 3.05) is 6.61 Å². The number of aromatic nitrogens is 4. The zero-order chi connectivity index (χ0) is 19.9. The first-order chi connectivity index (χ1) is 13.6. The van der Waals surface area contributed by atoms with Crippen LogP contribution < -0.4 is 10.6 Å². The molecule has 0 amide bonds. The van der Waals surface area contributed by atoms with Crippen molar-refractivity contribution in [1.29, 1.82) is 0 Å². The fraction of sp³-hybridized carbons (Fsp3) is 0.118. The van der Waals surface area contributed by atoms with Gasteiger partial charge >= 0.3 is 6.01 Å². The number of hydrogen-bond donors (Lipinski definition) is 1. The van der Waals surface area contributed by atoms with E-state index in [1.165, 1.54) is 24.7 Å². The third-order valence-electron chi connectivity index (χ3n) is 3.48. The molecule has 11 heteroatoms. The molecule has 0 aliphatic rings. The van der Waals surface area contributed by atoms with Gasteiger partial charge in [-0.05, 0) is 24.3 Å². The van der Waals surface area contributed by atoms with E-state index in [2.05, 4.69) is 25.2 Å². The van der Waals surface area contributed by atoms with Gasteiger partial charge in [0.2, 0.25) is 0 Å². The summed E-state index contributed by atoms with van der Waals surface area (Å²) >= 11 is 0. The van der Waals surface area contributed by atoms with Crippen LogP contribution in [0, 0.1) is 5.82 Å². The average molecular weight is 389 g/mol. The third kappa shape index (κ3) is 4.69. The van der Waals surface area contributed by atoms with Gasteiger partial charge < -0.3 is 10.6 Å². The van der Waals surface area contributed by atoms with Crippen molar-refractivity contribution in [2.24, 2.45) is 15.9 Å².